The first-order chi connectivity index (χ1) is 17.8. The summed E-state index contributed by atoms with van der Waals surface area (Å²) < 4.78 is 0. The van der Waals surface area contributed by atoms with Crippen molar-refractivity contribution in [1.82, 2.24) is 0 Å². The van der Waals surface area contributed by atoms with Gasteiger partial charge in [0.1, 0.15) is 28.5 Å². The van der Waals surface area contributed by atoms with Gasteiger partial charge in [-0.1, -0.05) is 11.3 Å². The van der Waals surface area contributed by atoms with Crippen LogP contribution in [0.15, 0.2) is 62.9 Å². The van der Waals surface area contributed by atoms with Crippen molar-refractivity contribution >= 4 is 55.7 Å². The minimum atomic E-state index is -0.605. The van der Waals surface area contributed by atoms with E-state index in [2.05, 4.69) is 30.7 Å². The van der Waals surface area contributed by atoms with Crippen LogP contribution in [-0.2, 0) is 4.79 Å². The number of nitro benzene ring substituents is 1. The van der Waals surface area contributed by atoms with Crippen LogP contribution in [0.3, 0.4) is 0 Å². The van der Waals surface area contributed by atoms with Crippen molar-refractivity contribution in [1.29, 1.82) is 10.5 Å². The van der Waals surface area contributed by atoms with E-state index in [0.29, 0.717) is 16.4 Å². The lowest BCUT2D eigenvalue weighted by molar-refractivity contribution is -0.384. The second-order valence-electron chi connectivity index (χ2n) is 7.44. The number of non-ortho nitro benzene ring substituents is 1. The molecule has 0 fully saturated rings. The lowest BCUT2D eigenvalue weighted by Gasteiger charge is -2.22. The first kappa shape index (κ1) is 26.6. The highest BCUT2D eigenvalue weighted by Gasteiger charge is 2.13. The Labute approximate surface area is 216 Å². The molecule has 0 saturated carbocycles. The Bertz CT molecular complexity index is 1480. The van der Waals surface area contributed by atoms with Gasteiger partial charge in [0, 0.05) is 37.8 Å². The van der Waals surface area contributed by atoms with Crippen LogP contribution in [0.5, 0.6) is 0 Å². The number of carbonyl (C=O) groups excluding carboxylic acids is 1. The zero-order chi connectivity index (χ0) is 26.9. The van der Waals surface area contributed by atoms with Gasteiger partial charge in [0.2, 0.25) is 5.91 Å². The quantitative estimate of drug-likeness (QED) is 0.182. The van der Waals surface area contributed by atoms with Gasteiger partial charge in [-0.05, 0) is 44.2 Å². The van der Waals surface area contributed by atoms with E-state index in [0.717, 1.165) is 36.2 Å². The van der Waals surface area contributed by atoms with Crippen LogP contribution >= 0.6 is 11.3 Å². The summed E-state index contributed by atoms with van der Waals surface area (Å²) in [7, 11) is 0. The minimum Gasteiger partial charge on any atom is -0.372 e. The number of anilines is 2. The van der Waals surface area contributed by atoms with Gasteiger partial charge in [-0.3, -0.25) is 14.9 Å². The SMILES string of the molecule is CCN(CC)c1ccc(/N=N/c2sc(/N=N/c3ccc([N+](=O)[O-])cc3C#N)cc2C#N)c(NC(C)=O)c1. The Morgan fingerprint density at radius 1 is 1.00 bits per heavy atom. The second-order valence-corrected chi connectivity index (χ2v) is 8.45. The van der Waals surface area contributed by atoms with Crippen molar-refractivity contribution in [3.8, 4) is 12.1 Å². The number of nitro groups is 1. The van der Waals surface area contributed by atoms with Crippen LogP contribution in [0.2, 0.25) is 0 Å². The fourth-order valence-corrected chi connectivity index (χ4v) is 4.03. The minimum absolute atomic E-state index is 0.00594. The molecule has 0 aliphatic carbocycles. The molecule has 0 saturated heterocycles. The predicted octanol–water partition coefficient (Wildman–Crippen LogP) is 7.04. The number of azo groups is 2. The summed E-state index contributed by atoms with van der Waals surface area (Å²) >= 11 is 1.05. The molecule has 0 bridgehead atoms. The van der Waals surface area contributed by atoms with Crippen molar-refractivity contribution in [2.45, 2.75) is 20.8 Å². The molecule has 1 heterocycles. The summed E-state index contributed by atoms with van der Waals surface area (Å²) in [5, 5.41) is 49.6. The van der Waals surface area contributed by atoms with E-state index < -0.39 is 4.92 Å². The van der Waals surface area contributed by atoms with E-state index in [4.69, 9.17) is 0 Å². The molecule has 186 valence electrons. The summed E-state index contributed by atoms with van der Waals surface area (Å²) in [5.74, 6) is -0.257. The number of amides is 1. The van der Waals surface area contributed by atoms with E-state index in [1.807, 2.05) is 38.1 Å². The Morgan fingerprint density at radius 3 is 2.30 bits per heavy atom. The Morgan fingerprint density at radius 2 is 1.68 bits per heavy atom. The molecule has 1 N–H and O–H groups in total. The van der Waals surface area contributed by atoms with Gasteiger partial charge in [-0.25, -0.2) is 0 Å². The number of nitrogens with one attached hydrogen (secondary N) is 1. The van der Waals surface area contributed by atoms with Crippen molar-refractivity contribution < 1.29 is 9.72 Å². The predicted molar refractivity (Wildman–Crippen MR) is 140 cm³/mol. The van der Waals surface area contributed by atoms with Crippen molar-refractivity contribution in [2.75, 3.05) is 23.3 Å². The first-order valence-corrected chi connectivity index (χ1v) is 11.8. The van der Waals surface area contributed by atoms with Gasteiger partial charge >= 0.3 is 0 Å². The third-order valence-electron chi connectivity index (χ3n) is 5.06. The molecule has 0 aliphatic rings. The molecule has 1 amide bonds. The zero-order valence-corrected chi connectivity index (χ0v) is 21.0. The van der Waals surface area contributed by atoms with Gasteiger partial charge in [-0.15, -0.1) is 20.5 Å². The lowest BCUT2D eigenvalue weighted by atomic mass is 10.2. The van der Waals surface area contributed by atoms with Crippen LogP contribution in [-0.4, -0.2) is 23.9 Å². The number of hydrogen-bond donors (Lipinski definition) is 1. The molecule has 0 spiro atoms. The summed E-state index contributed by atoms with van der Waals surface area (Å²) in [6.45, 7) is 7.06. The molecule has 0 aliphatic heterocycles. The average Bonchev–Trinajstić information content (AvgIpc) is 3.29. The van der Waals surface area contributed by atoms with Crippen molar-refractivity contribution in [2.24, 2.45) is 20.5 Å². The van der Waals surface area contributed by atoms with Crippen LogP contribution in [0.25, 0.3) is 0 Å². The fourth-order valence-electron chi connectivity index (χ4n) is 3.28. The second kappa shape index (κ2) is 12.1. The summed E-state index contributed by atoms with van der Waals surface area (Å²) in [6.07, 6.45) is 0. The van der Waals surface area contributed by atoms with Crippen LogP contribution in [0.4, 0.5) is 38.4 Å². The monoisotopic (exact) mass is 515 g/mol. The van der Waals surface area contributed by atoms with E-state index in [-0.39, 0.29) is 33.4 Å². The fraction of sp³-hybridized carbons (Fsp3) is 0.208. The molecule has 0 unspecified atom stereocenters. The third-order valence-corrected chi connectivity index (χ3v) is 5.96. The molecular formula is C24H21N9O3S. The topological polar surface area (TPSA) is 172 Å². The molecule has 13 heteroatoms. The normalized spacial score (nSPS) is 10.8. The molecule has 0 atom stereocenters. The lowest BCUT2D eigenvalue weighted by Crippen LogP contribution is -2.21. The van der Waals surface area contributed by atoms with Gasteiger partial charge in [0.25, 0.3) is 5.69 Å². The molecule has 0 radical (unpaired) electrons. The van der Waals surface area contributed by atoms with E-state index in [9.17, 15) is 25.4 Å². The van der Waals surface area contributed by atoms with Crippen LogP contribution in [0, 0.1) is 32.8 Å². The highest BCUT2D eigenvalue weighted by Crippen LogP contribution is 2.39. The molecule has 3 rings (SSSR count). The number of nitriles is 2. The van der Waals surface area contributed by atoms with Gasteiger partial charge in [0.05, 0.1) is 21.7 Å². The third kappa shape index (κ3) is 6.56. The largest absolute Gasteiger partial charge is 0.372 e. The number of rotatable bonds is 9. The summed E-state index contributed by atoms with van der Waals surface area (Å²) in [5.41, 5.74) is 1.95. The van der Waals surface area contributed by atoms with Crippen molar-refractivity contribution in [3.63, 3.8) is 0 Å². The van der Waals surface area contributed by atoms with Crippen LogP contribution < -0.4 is 10.2 Å². The summed E-state index contributed by atoms with van der Waals surface area (Å²) in [6, 6.07) is 14.5. The maximum atomic E-state index is 11.7. The first-order valence-electron chi connectivity index (χ1n) is 11.0. The highest BCUT2D eigenvalue weighted by molar-refractivity contribution is 7.19. The average molecular weight is 516 g/mol. The van der Waals surface area contributed by atoms with E-state index in [1.54, 1.807) is 6.07 Å². The number of carbonyl (C=O) groups is 1. The number of benzene rings is 2. The van der Waals surface area contributed by atoms with E-state index in [1.165, 1.54) is 25.1 Å². The number of hydrogen-bond acceptors (Lipinski definition) is 11. The Kier molecular flexibility index (Phi) is 8.70. The Hall–Kier alpha value is -5.01. The molecule has 37 heavy (non-hydrogen) atoms. The van der Waals surface area contributed by atoms with Gasteiger partial charge in [0.15, 0.2) is 5.00 Å². The standard InChI is InChI=1S/C24H21N9O3S/c1-4-32(5-2)18-6-9-21(22(12-18)27-15(3)34)29-31-24-17(14-26)11-23(37-24)30-28-20-8-7-19(33(35)36)10-16(20)13-25/h6-12H,4-5H2,1-3H3,(H,27,34)/b30-28+,31-29+. The molecule has 1 aromatic heterocycles. The number of thiophene rings is 1. The smallest absolute Gasteiger partial charge is 0.270 e. The van der Waals surface area contributed by atoms with E-state index >= 15 is 0 Å². The zero-order valence-electron chi connectivity index (χ0n) is 20.2. The summed E-state index contributed by atoms with van der Waals surface area (Å²) in [4.78, 5) is 24.2. The maximum Gasteiger partial charge on any atom is 0.270 e. The van der Waals surface area contributed by atoms with Gasteiger partial charge in [-0.2, -0.15) is 10.5 Å². The molecular weight excluding hydrogens is 494 g/mol. The van der Waals surface area contributed by atoms with Crippen molar-refractivity contribution in [3.05, 3.63) is 63.7 Å². The number of nitrogens with zero attached hydrogens (tertiary/aromatic N) is 8. The van der Waals surface area contributed by atoms with Gasteiger partial charge < -0.3 is 10.2 Å². The van der Waals surface area contributed by atoms with Crippen LogP contribution in [0.1, 0.15) is 31.9 Å². The highest BCUT2D eigenvalue weighted by atomic mass is 32.1. The maximum absolute atomic E-state index is 11.7. The molecule has 3 aromatic rings. The molecule has 12 nitrogen and oxygen atoms in total. The Balaban J connectivity index is 1.91. The molecule has 2 aromatic carbocycles.